The van der Waals surface area contributed by atoms with Crippen molar-refractivity contribution in [3.8, 4) is 0 Å². The smallest absolute Gasteiger partial charge is 0.225 e. The van der Waals surface area contributed by atoms with E-state index in [0.29, 0.717) is 11.8 Å². The maximum Gasteiger partial charge on any atom is 0.225 e. The Morgan fingerprint density at radius 3 is 2.35 bits per heavy atom. The number of amides is 1. The Hall–Kier alpha value is -1.39. The van der Waals surface area contributed by atoms with Crippen LogP contribution in [0.25, 0.3) is 0 Å². The quantitative estimate of drug-likeness (QED) is 0.815. The summed E-state index contributed by atoms with van der Waals surface area (Å²) in [5.41, 5.74) is 1.48. The van der Waals surface area contributed by atoms with Gasteiger partial charge in [-0.3, -0.25) is 9.69 Å². The zero-order valence-corrected chi connectivity index (χ0v) is 16.9. The number of nitrogens with one attached hydrogen (secondary N) is 1. The molecular weight excluding hydrogens is 322 g/mol. The summed E-state index contributed by atoms with van der Waals surface area (Å²) in [5, 5.41) is 3.20. The minimum absolute atomic E-state index is 0.119. The van der Waals surface area contributed by atoms with Crippen molar-refractivity contribution in [3.63, 3.8) is 0 Å². The van der Waals surface area contributed by atoms with Crippen LogP contribution in [0.3, 0.4) is 0 Å². The zero-order chi connectivity index (χ0) is 18.7. The SMILES string of the molecule is CC(C)CNC(=O)C1CN(Cc2ccccc2)CC12CN(CC(C)C)C2. The van der Waals surface area contributed by atoms with Crippen LogP contribution < -0.4 is 5.32 Å². The standard InChI is InChI=1S/C22H35N3O/c1-17(2)10-23-21(26)20-13-24(12-19-8-6-5-7-9-19)14-22(20)15-25(16-22)11-18(3)4/h5-9,17-18,20H,10-16H2,1-4H3,(H,23,26). The molecule has 1 atom stereocenters. The van der Waals surface area contributed by atoms with E-state index in [2.05, 4.69) is 73.1 Å². The molecule has 2 fully saturated rings. The molecule has 0 aromatic heterocycles. The first-order chi connectivity index (χ1) is 12.4. The van der Waals surface area contributed by atoms with Gasteiger partial charge in [0.25, 0.3) is 0 Å². The van der Waals surface area contributed by atoms with Crippen molar-refractivity contribution < 1.29 is 4.79 Å². The predicted molar refractivity (Wildman–Crippen MR) is 107 cm³/mol. The number of rotatable bonds is 7. The van der Waals surface area contributed by atoms with Gasteiger partial charge in [-0.05, 0) is 17.4 Å². The van der Waals surface area contributed by atoms with Crippen LogP contribution in [0.15, 0.2) is 30.3 Å². The number of carbonyl (C=O) groups excluding carboxylic acids is 1. The Kier molecular flexibility index (Phi) is 6.03. The number of hydrogen-bond acceptors (Lipinski definition) is 3. The number of hydrogen-bond donors (Lipinski definition) is 1. The Morgan fingerprint density at radius 2 is 1.73 bits per heavy atom. The molecule has 3 rings (SSSR count). The molecule has 1 aromatic carbocycles. The molecular formula is C22H35N3O. The summed E-state index contributed by atoms with van der Waals surface area (Å²) in [6.07, 6.45) is 0. The van der Waals surface area contributed by atoms with Gasteiger partial charge in [-0.2, -0.15) is 0 Å². The number of likely N-dealkylation sites (tertiary alicyclic amines) is 2. The molecule has 4 nitrogen and oxygen atoms in total. The summed E-state index contributed by atoms with van der Waals surface area (Å²) >= 11 is 0. The lowest BCUT2D eigenvalue weighted by Gasteiger charge is -2.51. The third-order valence-electron chi connectivity index (χ3n) is 5.67. The fourth-order valence-electron chi connectivity index (χ4n) is 4.63. The Balaban J connectivity index is 1.66. The second-order valence-corrected chi connectivity index (χ2v) is 9.27. The third-order valence-corrected chi connectivity index (χ3v) is 5.67. The molecule has 26 heavy (non-hydrogen) atoms. The van der Waals surface area contributed by atoms with Gasteiger partial charge in [-0.1, -0.05) is 58.0 Å². The van der Waals surface area contributed by atoms with E-state index in [0.717, 1.165) is 45.8 Å². The van der Waals surface area contributed by atoms with E-state index in [1.165, 1.54) is 5.56 Å². The van der Waals surface area contributed by atoms with Gasteiger partial charge in [0, 0.05) is 51.2 Å². The van der Waals surface area contributed by atoms with Crippen molar-refractivity contribution in [1.82, 2.24) is 15.1 Å². The fraction of sp³-hybridized carbons (Fsp3) is 0.682. The topological polar surface area (TPSA) is 35.6 Å². The highest BCUT2D eigenvalue weighted by Gasteiger charge is 2.56. The van der Waals surface area contributed by atoms with Gasteiger partial charge in [-0.25, -0.2) is 0 Å². The van der Waals surface area contributed by atoms with Crippen molar-refractivity contribution in [2.75, 3.05) is 39.3 Å². The lowest BCUT2D eigenvalue weighted by molar-refractivity contribution is -0.133. The van der Waals surface area contributed by atoms with Crippen molar-refractivity contribution in [2.45, 2.75) is 34.2 Å². The molecule has 1 spiro atoms. The molecule has 2 aliphatic heterocycles. The summed E-state index contributed by atoms with van der Waals surface area (Å²) in [6.45, 7) is 15.8. The molecule has 1 N–H and O–H groups in total. The van der Waals surface area contributed by atoms with E-state index in [-0.39, 0.29) is 17.2 Å². The monoisotopic (exact) mass is 357 g/mol. The second kappa shape index (κ2) is 8.10. The van der Waals surface area contributed by atoms with Gasteiger partial charge < -0.3 is 10.2 Å². The van der Waals surface area contributed by atoms with Crippen molar-refractivity contribution >= 4 is 5.91 Å². The Labute approximate surface area is 158 Å². The van der Waals surface area contributed by atoms with Crippen molar-refractivity contribution in [1.29, 1.82) is 0 Å². The van der Waals surface area contributed by atoms with Gasteiger partial charge in [0.1, 0.15) is 0 Å². The second-order valence-electron chi connectivity index (χ2n) is 9.27. The maximum atomic E-state index is 12.9. The van der Waals surface area contributed by atoms with Gasteiger partial charge in [0.2, 0.25) is 5.91 Å². The molecule has 144 valence electrons. The van der Waals surface area contributed by atoms with Crippen LogP contribution >= 0.6 is 0 Å². The van der Waals surface area contributed by atoms with E-state index >= 15 is 0 Å². The van der Waals surface area contributed by atoms with Gasteiger partial charge in [-0.15, -0.1) is 0 Å². The van der Waals surface area contributed by atoms with Crippen LogP contribution in [0.1, 0.15) is 33.3 Å². The van der Waals surface area contributed by atoms with Gasteiger partial charge in [0.05, 0.1) is 5.92 Å². The van der Waals surface area contributed by atoms with Crippen LogP contribution in [0.4, 0.5) is 0 Å². The molecule has 0 bridgehead atoms. The number of benzene rings is 1. The highest BCUT2D eigenvalue weighted by Crippen LogP contribution is 2.44. The fourth-order valence-corrected chi connectivity index (χ4v) is 4.63. The van der Waals surface area contributed by atoms with E-state index in [1.54, 1.807) is 0 Å². The molecule has 4 heteroatoms. The first-order valence-corrected chi connectivity index (χ1v) is 10.1. The Morgan fingerprint density at radius 1 is 1.08 bits per heavy atom. The molecule has 1 unspecified atom stereocenters. The molecule has 0 aliphatic carbocycles. The highest BCUT2D eigenvalue weighted by molar-refractivity contribution is 5.80. The van der Waals surface area contributed by atoms with Gasteiger partial charge in [0.15, 0.2) is 0 Å². The van der Waals surface area contributed by atoms with E-state index in [9.17, 15) is 4.79 Å². The number of nitrogens with zero attached hydrogens (tertiary/aromatic N) is 2. The largest absolute Gasteiger partial charge is 0.356 e. The third kappa shape index (κ3) is 4.47. The molecule has 2 heterocycles. The average Bonchev–Trinajstić information content (AvgIpc) is 2.92. The normalized spacial score (nSPS) is 22.9. The number of carbonyl (C=O) groups is 1. The van der Waals surface area contributed by atoms with Gasteiger partial charge >= 0.3 is 0 Å². The lowest BCUT2D eigenvalue weighted by Crippen LogP contribution is -2.63. The van der Waals surface area contributed by atoms with Crippen molar-refractivity contribution in [3.05, 3.63) is 35.9 Å². The summed E-state index contributed by atoms with van der Waals surface area (Å²) in [6, 6.07) is 10.6. The van der Waals surface area contributed by atoms with E-state index < -0.39 is 0 Å². The highest BCUT2D eigenvalue weighted by atomic mass is 16.2. The minimum atomic E-state index is 0.119. The summed E-state index contributed by atoms with van der Waals surface area (Å²) < 4.78 is 0. The molecule has 2 saturated heterocycles. The molecule has 0 radical (unpaired) electrons. The first kappa shape index (κ1) is 19.4. The van der Waals surface area contributed by atoms with E-state index in [4.69, 9.17) is 0 Å². The molecule has 2 aliphatic rings. The van der Waals surface area contributed by atoms with Crippen LogP contribution in [0.2, 0.25) is 0 Å². The van der Waals surface area contributed by atoms with Crippen LogP contribution in [0, 0.1) is 23.2 Å². The zero-order valence-electron chi connectivity index (χ0n) is 16.9. The maximum absolute atomic E-state index is 12.9. The first-order valence-electron chi connectivity index (χ1n) is 10.1. The lowest BCUT2D eigenvalue weighted by atomic mass is 9.71. The van der Waals surface area contributed by atoms with Crippen LogP contribution in [-0.4, -0.2) is 55.0 Å². The predicted octanol–water partition coefficient (Wildman–Crippen LogP) is 2.85. The molecule has 0 saturated carbocycles. The van der Waals surface area contributed by atoms with Crippen molar-refractivity contribution in [2.24, 2.45) is 23.2 Å². The summed E-state index contributed by atoms with van der Waals surface area (Å²) in [4.78, 5) is 17.9. The van der Waals surface area contributed by atoms with E-state index in [1.807, 2.05) is 0 Å². The Bertz CT molecular complexity index is 593. The summed E-state index contributed by atoms with van der Waals surface area (Å²) in [7, 11) is 0. The van der Waals surface area contributed by atoms with Crippen LogP contribution in [0.5, 0.6) is 0 Å². The summed E-state index contributed by atoms with van der Waals surface area (Å²) in [5.74, 6) is 1.56. The molecule has 1 amide bonds. The van der Waals surface area contributed by atoms with Crippen LogP contribution in [-0.2, 0) is 11.3 Å². The minimum Gasteiger partial charge on any atom is -0.356 e. The average molecular weight is 358 g/mol. The molecule has 1 aromatic rings.